The number of rotatable bonds is 7. The van der Waals surface area contributed by atoms with Crippen molar-refractivity contribution >= 4 is 0 Å². The highest BCUT2D eigenvalue weighted by Crippen LogP contribution is 2.17. The summed E-state index contributed by atoms with van der Waals surface area (Å²) in [4.78, 5) is 4.92. The number of likely N-dealkylation sites (tertiary alicyclic amines) is 1. The van der Waals surface area contributed by atoms with E-state index in [2.05, 4.69) is 23.8 Å². The molecule has 96 valence electrons. The van der Waals surface area contributed by atoms with E-state index in [4.69, 9.17) is 10.5 Å². The fourth-order valence-electron chi connectivity index (χ4n) is 2.55. The van der Waals surface area contributed by atoms with E-state index in [9.17, 15) is 0 Å². The molecule has 0 amide bonds. The summed E-state index contributed by atoms with van der Waals surface area (Å²) in [5.41, 5.74) is 5.63. The van der Waals surface area contributed by atoms with E-state index in [1.54, 1.807) is 7.11 Å². The minimum absolute atomic E-state index is 0.168. The smallest absolute Gasteiger partial charge is 0.0820 e. The fourth-order valence-corrected chi connectivity index (χ4v) is 2.55. The summed E-state index contributed by atoms with van der Waals surface area (Å²) in [5.74, 6) is 0. The van der Waals surface area contributed by atoms with Gasteiger partial charge >= 0.3 is 0 Å². The minimum Gasteiger partial charge on any atom is -0.379 e. The Morgan fingerprint density at radius 3 is 2.88 bits per heavy atom. The molecule has 1 rings (SSSR count). The normalized spacial score (nSPS) is 24.2. The first kappa shape index (κ1) is 13.9. The van der Waals surface area contributed by atoms with Crippen LogP contribution in [0.5, 0.6) is 0 Å². The molecular weight excluding hydrogens is 202 g/mol. The molecule has 1 saturated heterocycles. The maximum absolute atomic E-state index is 5.63. The highest BCUT2D eigenvalue weighted by molar-refractivity contribution is 4.81. The Morgan fingerprint density at radius 1 is 1.56 bits per heavy atom. The van der Waals surface area contributed by atoms with Crippen LogP contribution in [0.1, 0.15) is 19.8 Å². The lowest BCUT2D eigenvalue weighted by molar-refractivity contribution is 0.0700. The summed E-state index contributed by atoms with van der Waals surface area (Å²) in [5, 5.41) is 0. The summed E-state index contributed by atoms with van der Waals surface area (Å²) in [7, 11) is 3.90. The van der Waals surface area contributed by atoms with E-state index >= 15 is 0 Å². The van der Waals surface area contributed by atoms with Crippen LogP contribution in [-0.4, -0.2) is 68.8 Å². The Bertz CT molecular complexity index is 185. The lowest BCUT2D eigenvalue weighted by atomic mass is 10.2. The maximum atomic E-state index is 5.63. The Labute approximate surface area is 99.7 Å². The second-order valence-corrected chi connectivity index (χ2v) is 4.74. The summed E-state index contributed by atoms with van der Waals surface area (Å²) < 4.78 is 5.31. The molecule has 1 aliphatic heterocycles. The molecule has 1 fully saturated rings. The molecule has 2 unspecified atom stereocenters. The summed E-state index contributed by atoms with van der Waals surface area (Å²) in [6, 6.07) is 0.727. The Morgan fingerprint density at radius 2 is 2.31 bits per heavy atom. The monoisotopic (exact) mass is 229 g/mol. The van der Waals surface area contributed by atoms with Gasteiger partial charge in [0.25, 0.3) is 0 Å². The first-order valence-corrected chi connectivity index (χ1v) is 6.36. The molecule has 0 spiro atoms. The van der Waals surface area contributed by atoms with Crippen LogP contribution in [0, 0.1) is 0 Å². The van der Waals surface area contributed by atoms with Crippen LogP contribution in [0.15, 0.2) is 0 Å². The van der Waals surface area contributed by atoms with E-state index in [1.807, 2.05) is 0 Å². The molecular formula is C12H27N3O. The van der Waals surface area contributed by atoms with Crippen molar-refractivity contribution in [2.75, 3.05) is 46.9 Å². The zero-order chi connectivity index (χ0) is 12.0. The predicted octanol–water partition coefficient (Wildman–Crippen LogP) is 0.376. The fraction of sp³-hybridized carbons (Fsp3) is 1.00. The van der Waals surface area contributed by atoms with Crippen LogP contribution >= 0.6 is 0 Å². The number of nitrogens with two attached hydrogens (primary N) is 1. The number of methoxy groups -OCH3 is 1. The van der Waals surface area contributed by atoms with Gasteiger partial charge in [-0.15, -0.1) is 0 Å². The zero-order valence-electron chi connectivity index (χ0n) is 11.0. The largest absolute Gasteiger partial charge is 0.379 e. The third-order valence-electron chi connectivity index (χ3n) is 3.54. The third kappa shape index (κ3) is 4.01. The molecule has 0 radical (unpaired) electrons. The number of hydrogen-bond donors (Lipinski definition) is 1. The lowest BCUT2D eigenvalue weighted by Crippen LogP contribution is -2.43. The molecule has 0 aromatic carbocycles. The Balaban J connectivity index is 2.29. The first-order chi connectivity index (χ1) is 7.71. The van der Waals surface area contributed by atoms with E-state index in [1.165, 1.54) is 25.9 Å². The average molecular weight is 229 g/mol. The third-order valence-corrected chi connectivity index (χ3v) is 3.54. The Hall–Kier alpha value is -0.160. The van der Waals surface area contributed by atoms with Gasteiger partial charge in [-0.3, -0.25) is 4.90 Å². The zero-order valence-corrected chi connectivity index (χ0v) is 11.0. The van der Waals surface area contributed by atoms with Crippen molar-refractivity contribution in [2.45, 2.75) is 31.9 Å². The molecule has 0 aliphatic carbocycles. The second-order valence-electron chi connectivity index (χ2n) is 4.74. The van der Waals surface area contributed by atoms with E-state index < -0.39 is 0 Å². The number of nitrogens with zero attached hydrogens (tertiary/aromatic N) is 2. The standard InChI is InChI=1S/C12H27N3O/c1-4-15-7-5-6-11(15)9-14(2)10-12(8-13)16-3/h11-12H,4-10,13H2,1-3H3. The van der Waals surface area contributed by atoms with Crippen LogP contribution in [0.25, 0.3) is 0 Å². The van der Waals surface area contributed by atoms with E-state index in [0.29, 0.717) is 6.54 Å². The van der Waals surface area contributed by atoms with Gasteiger partial charge in [-0.1, -0.05) is 6.92 Å². The van der Waals surface area contributed by atoms with Gasteiger partial charge in [0.2, 0.25) is 0 Å². The maximum Gasteiger partial charge on any atom is 0.0820 e. The van der Waals surface area contributed by atoms with Crippen LogP contribution < -0.4 is 5.73 Å². The van der Waals surface area contributed by atoms with Gasteiger partial charge < -0.3 is 15.4 Å². The van der Waals surface area contributed by atoms with Gasteiger partial charge in [0.05, 0.1) is 6.10 Å². The average Bonchev–Trinajstić information content (AvgIpc) is 2.73. The Kier molecular flexibility index (Phi) is 6.28. The van der Waals surface area contributed by atoms with Crippen molar-refractivity contribution in [3.63, 3.8) is 0 Å². The van der Waals surface area contributed by atoms with Crippen molar-refractivity contribution in [3.8, 4) is 0 Å². The van der Waals surface area contributed by atoms with Gasteiger partial charge in [-0.05, 0) is 33.0 Å². The van der Waals surface area contributed by atoms with Crippen molar-refractivity contribution < 1.29 is 4.74 Å². The van der Waals surface area contributed by atoms with Gasteiger partial charge in [-0.25, -0.2) is 0 Å². The van der Waals surface area contributed by atoms with Crippen molar-refractivity contribution in [3.05, 3.63) is 0 Å². The molecule has 0 bridgehead atoms. The lowest BCUT2D eigenvalue weighted by Gasteiger charge is -2.29. The molecule has 1 heterocycles. The summed E-state index contributed by atoms with van der Waals surface area (Å²) >= 11 is 0. The van der Waals surface area contributed by atoms with Crippen molar-refractivity contribution in [1.82, 2.24) is 9.80 Å². The van der Waals surface area contributed by atoms with Crippen molar-refractivity contribution in [2.24, 2.45) is 5.73 Å². The number of ether oxygens (including phenoxy) is 1. The molecule has 4 heteroatoms. The van der Waals surface area contributed by atoms with Gasteiger partial charge in [0.1, 0.15) is 0 Å². The van der Waals surface area contributed by atoms with Crippen molar-refractivity contribution in [1.29, 1.82) is 0 Å². The van der Waals surface area contributed by atoms with Crippen LogP contribution in [0.3, 0.4) is 0 Å². The summed E-state index contributed by atoms with van der Waals surface area (Å²) in [6.45, 7) is 7.34. The van der Waals surface area contributed by atoms with Crippen LogP contribution in [0.2, 0.25) is 0 Å². The van der Waals surface area contributed by atoms with Crippen LogP contribution in [0.4, 0.5) is 0 Å². The van der Waals surface area contributed by atoms with Crippen LogP contribution in [-0.2, 0) is 4.74 Å². The first-order valence-electron chi connectivity index (χ1n) is 6.36. The topological polar surface area (TPSA) is 41.7 Å². The van der Waals surface area contributed by atoms with Gasteiger partial charge in [0.15, 0.2) is 0 Å². The quantitative estimate of drug-likeness (QED) is 0.685. The van der Waals surface area contributed by atoms with Gasteiger partial charge in [0, 0.05) is 32.8 Å². The molecule has 0 saturated carbocycles. The van der Waals surface area contributed by atoms with E-state index in [-0.39, 0.29) is 6.10 Å². The highest BCUT2D eigenvalue weighted by atomic mass is 16.5. The predicted molar refractivity (Wildman–Crippen MR) is 67.6 cm³/mol. The molecule has 0 aromatic heterocycles. The molecule has 2 N–H and O–H groups in total. The molecule has 16 heavy (non-hydrogen) atoms. The molecule has 4 nitrogen and oxygen atoms in total. The molecule has 1 aliphatic rings. The van der Waals surface area contributed by atoms with Gasteiger partial charge in [-0.2, -0.15) is 0 Å². The summed E-state index contributed by atoms with van der Waals surface area (Å²) in [6.07, 6.45) is 2.84. The number of hydrogen-bond acceptors (Lipinski definition) is 4. The minimum atomic E-state index is 0.168. The molecule has 2 atom stereocenters. The van der Waals surface area contributed by atoms with E-state index in [0.717, 1.165) is 19.1 Å². The highest BCUT2D eigenvalue weighted by Gasteiger charge is 2.24. The SMILES string of the molecule is CCN1CCCC1CN(C)CC(CN)OC. The molecule has 0 aromatic rings. The second kappa shape index (κ2) is 7.22. The number of likely N-dealkylation sites (N-methyl/N-ethyl adjacent to an activating group) is 2.